The molecule has 130 valence electrons. The Morgan fingerprint density at radius 1 is 1.17 bits per heavy atom. The van der Waals surface area contributed by atoms with Crippen molar-refractivity contribution in [3.05, 3.63) is 65.2 Å². The first kappa shape index (κ1) is 20.3. The molecule has 0 saturated heterocycles. The lowest BCUT2D eigenvalue weighted by atomic mass is 10.0. The van der Waals surface area contributed by atoms with Gasteiger partial charge in [-0.15, -0.1) is 12.4 Å². The van der Waals surface area contributed by atoms with Crippen molar-refractivity contribution < 1.29 is 9.53 Å². The Kier molecular flexibility index (Phi) is 8.61. The Hall–Kier alpha value is -1.75. The molecule has 0 radical (unpaired) electrons. The number of benzene rings is 2. The zero-order valence-electron chi connectivity index (χ0n) is 13.4. The number of carbonyl (C=O) groups is 1. The molecule has 0 aliphatic heterocycles. The first-order valence-electron chi connectivity index (χ1n) is 7.54. The Morgan fingerprint density at radius 2 is 1.79 bits per heavy atom. The number of rotatable bonds is 7. The van der Waals surface area contributed by atoms with Gasteiger partial charge in [0.2, 0.25) is 5.91 Å². The van der Waals surface area contributed by atoms with Crippen LogP contribution in [-0.2, 0) is 4.79 Å². The number of ether oxygens (including phenoxy) is 1. The van der Waals surface area contributed by atoms with Crippen LogP contribution >= 0.6 is 24.0 Å². The Morgan fingerprint density at radius 3 is 2.42 bits per heavy atom. The van der Waals surface area contributed by atoms with E-state index in [1.54, 1.807) is 24.3 Å². The third-order valence-corrected chi connectivity index (χ3v) is 3.62. The fraction of sp³-hybridized carbons (Fsp3) is 0.278. The van der Waals surface area contributed by atoms with E-state index in [2.05, 4.69) is 5.32 Å². The van der Waals surface area contributed by atoms with Crippen LogP contribution in [0.25, 0.3) is 0 Å². The highest BCUT2D eigenvalue weighted by Crippen LogP contribution is 2.17. The number of hydrogen-bond donors (Lipinski definition) is 2. The van der Waals surface area contributed by atoms with Gasteiger partial charge in [0.1, 0.15) is 11.9 Å². The molecule has 0 saturated carbocycles. The van der Waals surface area contributed by atoms with Gasteiger partial charge in [0.15, 0.2) is 0 Å². The summed E-state index contributed by atoms with van der Waals surface area (Å²) < 4.78 is 5.70. The average molecular weight is 369 g/mol. The summed E-state index contributed by atoms with van der Waals surface area (Å²) in [5, 5.41) is 3.51. The van der Waals surface area contributed by atoms with E-state index in [0.717, 1.165) is 11.3 Å². The number of halogens is 2. The van der Waals surface area contributed by atoms with Crippen molar-refractivity contribution in [2.45, 2.75) is 25.5 Å². The van der Waals surface area contributed by atoms with Crippen LogP contribution in [0.15, 0.2) is 54.6 Å². The second kappa shape index (κ2) is 10.2. The molecule has 2 rings (SSSR count). The highest BCUT2D eigenvalue weighted by atomic mass is 35.5. The molecule has 0 aliphatic carbocycles. The molecule has 0 bridgehead atoms. The molecule has 24 heavy (non-hydrogen) atoms. The largest absolute Gasteiger partial charge is 0.489 e. The fourth-order valence-electron chi connectivity index (χ4n) is 2.13. The van der Waals surface area contributed by atoms with Gasteiger partial charge in [0, 0.05) is 17.5 Å². The van der Waals surface area contributed by atoms with Crippen LogP contribution in [0.2, 0.25) is 5.02 Å². The van der Waals surface area contributed by atoms with Crippen LogP contribution in [0.1, 0.15) is 24.9 Å². The quantitative estimate of drug-likeness (QED) is 0.782. The minimum absolute atomic E-state index is 0. The van der Waals surface area contributed by atoms with Crippen molar-refractivity contribution in [3.63, 3.8) is 0 Å². The van der Waals surface area contributed by atoms with Gasteiger partial charge < -0.3 is 15.8 Å². The number of hydrogen-bond acceptors (Lipinski definition) is 3. The van der Waals surface area contributed by atoms with Crippen molar-refractivity contribution in [3.8, 4) is 5.75 Å². The summed E-state index contributed by atoms with van der Waals surface area (Å²) in [5.74, 6) is 0.630. The van der Waals surface area contributed by atoms with Crippen molar-refractivity contribution in [2.75, 3.05) is 6.54 Å². The second-order valence-electron chi connectivity index (χ2n) is 5.41. The van der Waals surface area contributed by atoms with Crippen molar-refractivity contribution in [1.82, 2.24) is 5.32 Å². The fourth-order valence-corrected chi connectivity index (χ4v) is 2.26. The molecule has 0 heterocycles. The van der Waals surface area contributed by atoms with Gasteiger partial charge in [0.25, 0.3) is 0 Å². The van der Waals surface area contributed by atoms with Gasteiger partial charge in [-0.1, -0.05) is 41.9 Å². The summed E-state index contributed by atoms with van der Waals surface area (Å²) >= 11 is 5.83. The highest BCUT2D eigenvalue weighted by Gasteiger charge is 2.12. The molecule has 3 N–H and O–H groups in total. The molecule has 0 aromatic heterocycles. The van der Waals surface area contributed by atoms with Crippen LogP contribution in [-0.4, -0.2) is 18.6 Å². The average Bonchev–Trinajstić information content (AvgIpc) is 2.56. The van der Waals surface area contributed by atoms with E-state index in [9.17, 15) is 4.79 Å². The molecule has 0 aliphatic rings. The Labute approximate surface area is 153 Å². The maximum Gasteiger partial charge on any atom is 0.222 e. The molecular weight excluding hydrogens is 347 g/mol. The lowest BCUT2D eigenvalue weighted by Gasteiger charge is -2.17. The summed E-state index contributed by atoms with van der Waals surface area (Å²) in [4.78, 5) is 12.0. The maximum atomic E-state index is 12.0. The molecule has 0 spiro atoms. The predicted molar refractivity (Wildman–Crippen MR) is 99.8 cm³/mol. The number of amides is 1. The second-order valence-corrected chi connectivity index (χ2v) is 5.84. The highest BCUT2D eigenvalue weighted by molar-refractivity contribution is 6.30. The molecule has 4 nitrogen and oxygen atoms in total. The topological polar surface area (TPSA) is 64.4 Å². The summed E-state index contributed by atoms with van der Waals surface area (Å²) in [7, 11) is 0. The molecule has 1 amide bonds. The molecule has 2 aromatic carbocycles. The third-order valence-electron chi connectivity index (χ3n) is 3.37. The number of nitrogens with one attached hydrogen (secondary N) is 1. The molecule has 0 fully saturated rings. The summed E-state index contributed by atoms with van der Waals surface area (Å²) in [6.45, 7) is 2.31. The van der Waals surface area contributed by atoms with Gasteiger partial charge in [-0.25, -0.2) is 0 Å². The first-order chi connectivity index (χ1) is 11.0. The van der Waals surface area contributed by atoms with Gasteiger partial charge in [0.05, 0.1) is 6.54 Å². The van der Waals surface area contributed by atoms with Gasteiger partial charge in [-0.05, 0) is 36.8 Å². The van der Waals surface area contributed by atoms with E-state index < -0.39 is 0 Å². The maximum absolute atomic E-state index is 12.0. The smallest absolute Gasteiger partial charge is 0.222 e. The number of nitrogens with two attached hydrogens (primary N) is 1. The van der Waals surface area contributed by atoms with Crippen molar-refractivity contribution >= 4 is 29.9 Å². The summed E-state index contributed by atoms with van der Waals surface area (Å²) in [6.07, 6.45) is 0.102. The number of carbonyl (C=O) groups excluding carboxylic acids is 1. The lowest BCUT2D eigenvalue weighted by Crippen LogP contribution is -2.35. The van der Waals surface area contributed by atoms with E-state index in [1.165, 1.54) is 0 Å². The van der Waals surface area contributed by atoms with Gasteiger partial charge in [-0.2, -0.15) is 0 Å². The molecule has 2 unspecified atom stereocenters. The molecule has 6 heteroatoms. The zero-order valence-corrected chi connectivity index (χ0v) is 15.0. The zero-order chi connectivity index (χ0) is 16.7. The van der Waals surface area contributed by atoms with E-state index in [-0.39, 0.29) is 36.9 Å². The van der Waals surface area contributed by atoms with Crippen LogP contribution in [0.3, 0.4) is 0 Å². The van der Waals surface area contributed by atoms with Gasteiger partial charge >= 0.3 is 0 Å². The standard InChI is InChI=1S/C18H21ClN2O2.ClH/c1-13(23-16-9-7-15(19)8-10-16)12-21-18(22)11-17(20)14-5-3-2-4-6-14;/h2-10,13,17H,11-12,20H2,1H3,(H,21,22);1H. The van der Waals surface area contributed by atoms with Gasteiger partial charge in [-0.3, -0.25) is 4.79 Å². The van der Waals surface area contributed by atoms with E-state index >= 15 is 0 Å². The Bertz CT molecular complexity index is 621. The van der Waals surface area contributed by atoms with Crippen LogP contribution < -0.4 is 15.8 Å². The van der Waals surface area contributed by atoms with Crippen LogP contribution in [0.5, 0.6) is 5.75 Å². The molecule has 2 aromatic rings. The minimum atomic E-state index is -0.302. The monoisotopic (exact) mass is 368 g/mol. The third kappa shape index (κ3) is 6.79. The normalized spacial score (nSPS) is 12.6. The van der Waals surface area contributed by atoms with Crippen LogP contribution in [0.4, 0.5) is 0 Å². The van der Waals surface area contributed by atoms with E-state index in [4.69, 9.17) is 22.1 Å². The molecular formula is C18H22Cl2N2O2. The minimum Gasteiger partial charge on any atom is -0.489 e. The molecule has 2 atom stereocenters. The van der Waals surface area contributed by atoms with E-state index in [0.29, 0.717) is 11.6 Å². The van der Waals surface area contributed by atoms with Crippen molar-refractivity contribution in [2.24, 2.45) is 5.73 Å². The SMILES string of the molecule is CC(CNC(=O)CC(N)c1ccccc1)Oc1ccc(Cl)cc1.Cl. The predicted octanol–water partition coefficient (Wildman–Crippen LogP) is 3.74. The van der Waals surface area contributed by atoms with Crippen LogP contribution in [0, 0.1) is 0 Å². The van der Waals surface area contributed by atoms with Crippen molar-refractivity contribution in [1.29, 1.82) is 0 Å². The Balaban J connectivity index is 0.00000288. The lowest BCUT2D eigenvalue weighted by molar-refractivity contribution is -0.121. The van der Waals surface area contributed by atoms with E-state index in [1.807, 2.05) is 37.3 Å². The first-order valence-corrected chi connectivity index (χ1v) is 7.92. The summed E-state index contributed by atoms with van der Waals surface area (Å²) in [5.41, 5.74) is 6.99. The summed E-state index contributed by atoms with van der Waals surface area (Å²) in [6, 6.07) is 16.4.